The van der Waals surface area contributed by atoms with E-state index < -0.39 is 17.5 Å². The standard InChI is InChI=1S/C13H16F2N2O2/c1-8-6-17(7-12(5-16)19-8)13(18)9-2-10(14)4-11(15)3-9/h2-4,8,12H,5-7,16H2,1H3. The maximum Gasteiger partial charge on any atom is 0.254 e. The molecule has 2 rings (SSSR count). The number of nitrogens with two attached hydrogens (primary N) is 1. The Morgan fingerprint density at radius 1 is 1.37 bits per heavy atom. The molecule has 0 spiro atoms. The predicted molar refractivity (Wildman–Crippen MR) is 65.7 cm³/mol. The minimum atomic E-state index is -0.764. The minimum absolute atomic E-state index is 0.00220. The molecule has 0 saturated carbocycles. The zero-order chi connectivity index (χ0) is 14.0. The molecule has 0 bridgehead atoms. The molecule has 1 aromatic carbocycles. The molecule has 1 aliphatic rings. The summed E-state index contributed by atoms with van der Waals surface area (Å²) >= 11 is 0. The molecule has 0 aromatic heterocycles. The van der Waals surface area contributed by atoms with Crippen molar-refractivity contribution < 1.29 is 18.3 Å². The van der Waals surface area contributed by atoms with Crippen LogP contribution in [0.2, 0.25) is 0 Å². The lowest BCUT2D eigenvalue weighted by Crippen LogP contribution is -2.51. The highest BCUT2D eigenvalue weighted by Gasteiger charge is 2.28. The van der Waals surface area contributed by atoms with Crippen LogP contribution in [0.1, 0.15) is 17.3 Å². The molecule has 1 amide bonds. The number of hydrogen-bond acceptors (Lipinski definition) is 3. The van der Waals surface area contributed by atoms with Gasteiger partial charge in [-0.3, -0.25) is 4.79 Å². The Balaban J connectivity index is 2.18. The first kappa shape index (κ1) is 13.9. The van der Waals surface area contributed by atoms with Gasteiger partial charge in [-0.1, -0.05) is 0 Å². The van der Waals surface area contributed by atoms with Gasteiger partial charge >= 0.3 is 0 Å². The molecular formula is C13H16F2N2O2. The fourth-order valence-corrected chi connectivity index (χ4v) is 2.20. The first-order valence-electron chi connectivity index (χ1n) is 6.10. The van der Waals surface area contributed by atoms with Crippen molar-refractivity contribution in [3.05, 3.63) is 35.4 Å². The van der Waals surface area contributed by atoms with Crippen LogP contribution in [0.15, 0.2) is 18.2 Å². The zero-order valence-corrected chi connectivity index (χ0v) is 10.6. The van der Waals surface area contributed by atoms with E-state index in [2.05, 4.69) is 0 Å². The van der Waals surface area contributed by atoms with Crippen LogP contribution in [0.3, 0.4) is 0 Å². The van der Waals surface area contributed by atoms with Gasteiger partial charge in [0.15, 0.2) is 0 Å². The molecule has 2 atom stereocenters. The summed E-state index contributed by atoms with van der Waals surface area (Å²) in [5, 5.41) is 0. The molecule has 104 valence electrons. The van der Waals surface area contributed by atoms with Crippen molar-refractivity contribution in [3.63, 3.8) is 0 Å². The summed E-state index contributed by atoms with van der Waals surface area (Å²) in [5.41, 5.74) is 5.53. The minimum Gasteiger partial charge on any atom is -0.370 e. The van der Waals surface area contributed by atoms with Crippen LogP contribution >= 0.6 is 0 Å². The number of amides is 1. The summed E-state index contributed by atoms with van der Waals surface area (Å²) < 4.78 is 31.8. The molecule has 19 heavy (non-hydrogen) atoms. The lowest BCUT2D eigenvalue weighted by molar-refractivity contribution is -0.0625. The maximum absolute atomic E-state index is 13.1. The molecule has 6 heteroatoms. The lowest BCUT2D eigenvalue weighted by atomic mass is 10.1. The zero-order valence-electron chi connectivity index (χ0n) is 10.6. The SMILES string of the molecule is CC1CN(C(=O)c2cc(F)cc(F)c2)CC(CN)O1. The highest BCUT2D eigenvalue weighted by molar-refractivity contribution is 5.94. The largest absolute Gasteiger partial charge is 0.370 e. The fraction of sp³-hybridized carbons (Fsp3) is 0.462. The van der Waals surface area contributed by atoms with Gasteiger partial charge in [0.2, 0.25) is 0 Å². The van der Waals surface area contributed by atoms with Crippen LogP contribution in [0.5, 0.6) is 0 Å². The van der Waals surface area contributed by atoms with E-state index in [1.807, 2.05) is 6.92 Å². The summed E-state index contributed by atoms with van der Waals surface area (Å²) in [4.78, 5) is 13.7. The average molecular weight is 270 g/mol. The molecule has 1 aromatic rings. The summed E-state index contributed by atoms with van der Waals surface area (Å²) in [5.74, 6) is -1.94. The first-order chi connectivity index (χ1) is 8.99. The van der Waals surface area contributed by atoms with Gasteiger partial charge in [-0.15, -0.1) is 0 Å². The Morgan fingerprint density at radius 3 is 2.58 bits per heavy atom. The Hall–Kier alpha value is -1.53. The lowest BCUT2D eigenvalue weighted by Gasteiger charge is -2.36. The topological polar surface area (TPSA) is 55.6 Å². The van der Waals surface area contributed by atoms with Crippen molar-refractivity contribution in [1.82, 2.24) is 4.90 Å². The summed E-state index contributed by atoms with van der Waals surface area (Å²) in [6.45, 7) is 2.84. The van der Waals surface area contributed by atoms with Gasteiger partial charge in [-0.25, -0.2) is 8.78 Å². The fourth-order valence-electron chi connectivity index (χ4n) is 2.20. The average Bonchev–Trinajstić information content (AvgIpc) is 2.35. The van der Waals surface area contributed by atoms with Gasteiger partial charge in [-0.05, 0) is 19.1 Å². The van der Waals surface area contributed by atoms with E-state index in [0.29, 0.717) is 19.6 Å². The van der Waals surface area contributed by atoms with E-state index in [4.69, 9.17) is 10.5 Å². The van der Waals surface area contributed by atoms with Crippen molar-refractivity contribution >= 4 is 5.91 Å². The van der Waals surface area contributed by atoms with Crippen molar-refractivity contribution in [2.75, 3.05) is 19.6 Å². The summed E-state index contributed by atoms with van der Waals surface area (Å²) in [6.07, 6.45) is -0.393. The number of hydrogen-bond donors (Lipinski definition) is 1. The highest BCUT2D eigenvalue weighted by Crippen LogP contribution is 2.16. The molecule has 2 N–H and O–H groups in total. The van der Waals surface area contributed by atoms with Crippen LogP contribution in [0.4, 0.5) is 8.78 Å². The Morgan fingerprint density at radius 2 is 2.00 bits per heavy atom. The monoisotopic (exact) mass is 270 g/mol. The van der Waals surface area contributed by atoms with Crippen molar-refractivity contribution in [1.29, 1.82) is 0 Å². The molecule has 0 radical (unpaired) electrons. The molecular weight excluding hydrogens is 254 g/mol. The molecule has 1 aliphatic heterocycles. The second-order valence-electron chi connectivity index (χ2n) is 4.67. The first-order valence-corrected chi connectivity index (χ1v) is 6.10. The number of carbonyl (C=O) groups excluding carboxylic acids is 1. The Labute approximate surface area is 110 Å². The van der Waals surface area contributed by atoms with Gasteiger partial charge in [0.1, 0.15) is 11.6 Å². The smallest absolute Gasteiger partial charge is 0.254 e. The van der Waals surface area contributed by atoms with E-state index in [0.717, 1.165) is 18.2 Å². The number of carbonyl (C=O) groups is 1. The van der Waals surface area contributed by atoms with Gasteiger partial charge < -0.3 is 15.4 Å². The normalized spacial score (nSPS) is 23.5. The number of nitrogens with zero attached hydrogens (tertiary/aromatic N) is 1. The van der Waals surface area contributed by atoms with E-state index in [1.54, 1.807) is 0 Å². The number of halogens is 2. The third-order valence-corrected chi connectivity index (χ3v) is 2.99. The molecule has 1 heterocycles. The molecule has 0 aliphatic carbocycles. The van der Waals surface area contributed by atoms with Crippen LogP contribution < -0.4 is 5.73 Å². The molecule has 2 unspecified atom stereocenters. The van der Waals surface area contributed by atoms with Crippen molar-refractivity contribution in [2.45, 2.75) is 19.1 Å². The van der Waals surface area contributed by atoms with Gasteiger partial charge in [0.05, 0.1) is 12.2 Å². The van der Waals surface area contributed by atoms with Crippen LogP contribution in [-0.4, -0.2) is 42.6 Å². The van der Waals surface area contributed by atoms with Gasteiger partial charge in [0.25, 0.3) is 5.91 Å². The summed E-state index contributed by atoms with van der Waals surface area (Å²) in [7, 11) is 0. The van der Waals surface area contributed by atoms with Crippen molar-refractivity contribution in [3.8, 4) is 0 Å². The third kappa shape index (κ3) is 3.27. The number of benzene rings is 1. The van der Waals surface area contributed by atoms with Gasteiger partial charge in [0, 0.05) is 31.3 Å². The molecule has 4 nitrogen and oxygen atoms in total. The maximum atomic E-state index is 13.1. The highest BCUT2D eigenvalue weighted by atomic mass is 19.1. The number of morpholine rings is 1. The van der Waals surface area contributed by atoms with Crippen LogP contribution in [-0.2, 0) is 4.74 Å². The van der Waals surface area contributed by atoms with Gasteiger partial charge in [-0.2, -0.15) is 0 Å². The van der Waals surface area contributed by atoms with E-state index in [1.165, 1.54) is 4.90 Å². The van der Waals surface area contributed by atoms with E-state index in [-0.39, 0.29) is 17.8 Å². The second kappa shape index (κ2) is 5.63. The Kier molecular flexibility index (Phi) is 4.11. The Bertz CT molecular complexity index is 461. The number of ether oxygens (including phenoxy) is 1. The van der Waals surface area contributed by atoms with E-state index >= 15 is 0 Å². The van der Waals surface area contributed by atoms with E-state index in [9.17, 15) is 13.6 Å². The quantitative estimate of drug-likeness (QED) is 0.877. The predicted octanol–water partition coefficient (Wildman–Crippen LogP) is 1.15. The second-order valence-corrected chi connectivity index (χ2v) is 4.67. The molecule has 1 fully saturated rings. The van der Waals surface area contributed by atoms with Crippen LogP contribution in [0, 0.1) is 11.6 Å². The number of rotatable bonds is 2. The molecule has 1 saturated heterocycles. The van der Waals surface area contributed by atoms with Crippen LogP contribution in [0.25, 0.3) is 0 Å². The third-order valence-electron chi connectivity index (χ3n) is 2.99. The van der Waals surface area contributed by atoms with Crippen molar-refractivity contribution in [2.24, 2.45) is 5.73 Å². The summed E-state index contributed by atoms with van der Waals surface area (Å²) in [6, 6.07) is 2.80.